The lowest BCUT2D eigenvalue weighted by atomic mass is 10.1. The molecule has 5 heteroatoms. The zero-order valence-corrected chi connectivity index (χ0v) is 12.8. The zero-order valence-electron chi connectivity index (χ0n) is 11.2. The van der Waals surface area contributed by atoms with Crippen LogP contribution in [0, 0.1) is 0 Å². The number of amides is 1. The van der Waals surface area contributed by atoms with Crippen molar-refractivity contribution in [3.63, 3.8) is 0 Å². The SMILES string of the molecule is CCCC(N)C(=O)NCCCc1ccc(Cl)cc1.Cl. The van der Waals surface area contributed by atoms with Crippen LogP contribution < -0.4 is 11.1 Å². The Morgan fingerprint density at radius 3 is 2.58 bits per heavy atom. The Kier molecular flexibility index (Phi) is 9.66. The van der Waals surface area contributed by atoms with E-state index in [4.69, 9.17) is 17.3 Å². The number of rotatable bonds is 7. The van der Waals surface area contributed by atoms with Crippen molar-refractivity contribution in [1.82, 2.24) is 5.32 Å². The van der Waals surface area contributed by atoms with E-state index in [0.717, 1.165) is 30.7 Å². The highest BCUT2D eigenvalue weighted by Crippen LogP contribution is 2.10. The van der Waals surface area contributed by atoms with Crippen molar-refractivity contribution in [2.75, 3.05) is 6.54 Å². The van der Waals surface area contributed by atoms with Crippen LogP contribution in [0.15, 0.2) is 24.3 Å². The number of nitrogens with two attached hydrogens (primary N) is 1. The molecule has 0 bridgehead atoms. The van der Waals surface area contributed by atoms with Crippen LogP contribution in [0.1, 0.15) is 31.7 Å². The Morgan fingerprint density at radius 2 is 2.00 bits per heavy atom. The van der Waals surface area contributed by atoms with Crippen molar-refractivity contribution in [2.24, 2.45) is 5.73 Å². The van der Waals surface area contributed by atoms with Crippen LogP contribution in [0.4, 0.5) is 0 Å². The van der Waals surface area contributed by atoms with Crippen molar-refractivity contribution in [1.29, 1.82) is 0 Å². The smallest absolute Gasteiger partial charge is 0.236 e. The van der Waals surface area contributed by atoms with Crippen LogP contribution in [-0.4, -0.2) is 18.5 Å². The van der Waals surface area contributed by atoms with E-state index in [1.165, 1.54) is 5.56 Å². The number of benzene rings is 1. The van der Waals surface area contributed by atoms with Gasteiger partial charge < -0.3 is 11.1 Å². The molecule has 0 spiro atoms. The van der Waals surface area contributed by atoms with Gasteiger partial charge in [0.25, 0.3) is 0 Å². The average molecular weight is 305 g/mol. The Labute approximate surface area is 126 Å². The van der Waals surface area contributed by atoms with Crippen LogP contribution in [0.2, 0.25) is 5.02 Å². The topological polar surface area (TPSA) is 55.1 Å². The molecular formula is C14H22Cl2N2O. The summed E-state index contributed by atoms with van der Waals surface area (Å²) in [5.74, 6) is -0.0482. The third kappa shape index (κ3) is 7.41. The van der Waals surface area contributed by atoms with Crippen LogP contribution in [0.25, 0.3) is 0 Å². The van der Waals surface area contributed by atoms with E-state index in [9.17, 15) is 4.79 Å². The Bertz CT molecular complexity index is 368. The molecule has 3 N–H and O–H groups in total. The van der Waals surface area contributed by atoms with E-state index in [-0.39, 0.29) is 24.4 Å². The first kappa shape index (κ1) is 18.2. The summed E-state index contributed by atoms with van der Waals surface area (Å²) >= 11 is 5.81. The fourth-order valence-corrected chi connectivity index (χ4v) is 1.85. The van der Waals surface area contributed by atoms with Gasteiger partial charge in [0.15, 0.2) is 0 Å². The Morgan fingerprint density at radius 1 is 1.37 bits per heavy atom. The number of hydrogen-bond donors (Lipinski definition) is 2. The lowest BCUT2D eigenvalue weighted by Gasteiger charge is -2.10. The Balaban J connectivity index is 0.00000324. The number of hydrogen-bond acceptors (Lipinski definition) is 2. The van der Waals surface area contributed by atoms with E-state index in [2.05, 4.69) is 5.32 Å². The highest BCUT2D eigenvalue weighted by molar-refractivity contribution is 6.30. The van der Waals surface area contributed by atoms with Crippen molar-refractivity contribution < 1.29 is 4.79 Å². The van der Waals surface area contributed by atoms with Gasteiger partial charge in [0.1, 0.15) is 0 Å². The molecule has 0 saturated carbocycles. The molecule has 108 valence electrons. The molecule has 3 nitrogen and oxygen atoms in total. The summed E-state index contributed by atoms with van der Waals surface area (Å²) in [6.07, 6.45) is 3.51. The maximum atomic E-state index is 11.5. The summed E-state index contributed by atoms with van der Waals surface area (Å²) in [5, 5.41) is 3.61. The minimum atomic E-state index is -0.370. The second-order valence-corrected chi connectivity index (χ2v) is 4.85. The molecule has 1 rings (SSSR count). The average Bonchev–Trinajstić information content (AvgIpc) is 2.36. The number of carbonyl (C=O) groups excluding carboxylic acids is 1. The van der Waals surface area contributed by atoms with Crippen molar-refractivity contribution in [3.05, 3.63) is 34.9 Å². The van der Waals surface area contributed by atoms with Gasteiger partial charge in [0, 0.05) is 11.6 Å². The van der Waals surface area contributed by atoms with Gasteiger partial charge >= 0.3 is 0 Å². The minimum absolute atomic E-state index is 0. The van der Waals surface area contributed by atoms with Crippen molar-refractivity contribution in [2.45, 2.75) is 38.6 Å². The largest absolute Gasteiger partial charge is 0.355 e. The number of aryl methyl sites for hydroxylation is 1. The molecule has 1 atom stereocenters. The van der Waals surface area contributed by atoms with Gasteiger partial charge in [-0.2, -0.15) is 0 Å². The number of carbonyl (C=O) groups is 1. The molecule has 0 radical (unpaired) electrons. The van der Waals surface area contributed by atoms with Crippen molar-refractivity contribution >= 4 is 29.9 Å². The maximum Gasteiger partial charge on any atom is 0.236 e. The number of nitrogens with one attached hydrogen (secondary N) is 1. The summed E-state index contributed by atoms with van der Waals surface area (Å²) in [4.78, 5) is 11.5. The van der Waals surface area contributed by atoms with E-state index in [0.29, 0.717) is 6.54 Å². The fraction of sp³-hybridized carbons (Fsp3) is 0.500. The molecule has 1 aromatic carbocycles. The maximum absolute atomic E-state index is 11.5. The first-order chi connectivity index (χ1) is 8.63. The first-order valence-corrected chi connectivity index (χ1v) is 6.79. The summed E-state index contributed by atoms with van der Waals surface area (Å²) in [7, 11) is 0. The molecule has 0 saturated heterocycles. The predicted octanol–water partition coefficient (Wildman–Crippen LogP) is 2.94. The standard InChI is InChI=1S/C14H21ClN2O.ClH/c1-2-4-13(16)14(18)17-10-3-5-11-6-8-12(15)9-7-11;/h6-9,13H,2-5,10,16H2,1H3,(H,17,18);1H. The molecule has 0 fully saturated rings. The van der Waals surface area contributed by atoms with Gasteiger partial charge in [-0.1, -0.05) is 37.1 Å². The molecule has 1 amide bonds. The minimum Gasteiger partial charge on any atom is -0.355 e. The fourth-order valence-electron chi connectivity index (χ4n) is 1.73. The Hall–Kier alpha value is -0.770. The van der Waals surface area contributed by atoms with Crippen LogP contribution in [0.5, 0.6) is 0 Å². The molecular weight excluding hydrogens is 283 g/mol. The third-order valence-electron chi connectivity index (χ3n) is 2.79. The number of halogens is 2. The van der Waals surface area contributed by atoms with Gasteiger partial charge in [0.05, 0.1) is 6.04 Å². The first-order valence-electron chi connectivity index (χ1n) is 6.41. The second-order valence-electron chi connectivity index (χ2n) is 4.42. The summed E-state index contributed by atoms with van der Waals surface area (Å²) in [5.41, 5.74) is 6.94. The highest BCUT2D eigenvalue weighted by Gasteiger charge is 2.10. The van der Waals surface area contributed by atoms with E-state index < -0.39 is 0 Å². The van der Waals surface area contributed by atoms with Gasteiger partial charge in [-0.25, -0.2) is 0 Å². The van der Waals surface area contributed by atoms with E-state index >= 15 is 0 Å². The lowest BCUT2D eigenvalue weighted by molar-refractivity contribution is -0.122. The van der Waals surface area contributed by atoms with Gasteiger partial charge in [0.2, 0.25) is 5.91 Å². The van der Waals surface area contributed by atoms with Crippen LogP contribution in [0.3, 0.4) is 0 Å². The van der Waals surface area contributed by atoms with Gasteiger partial charge in [-0.3, -0.25) is 4.79 Å². The monoisotopic (exact) mass is 304 g/mol. The molecule has 0 heterocycles. The van der Waals surface area contributed by atoms with Gasteiger partial charge in [-0.15, -0.1) is 12.4 Å². The van der Waals surface area contributed by atoms with Crippen LogP contribution >= 0.6 is 24.0 Å². The highest BCUT2D eigenvalue weighted by atomic mass is 35.5. The molecule has 0 aliphatic rings. The lowest BCUT2D eigenvalue weighted by Crippen LogP contribution is -2.40. The van der Waals surface area contributed by atoms with Gasteiger partial charge in [-0.05, 0) is 37.0 Å². The second kappa shape index (κ2) is 10.1. The molecule has 19 heavy (non-hydrogen) atoms. The molecule has 0 aliphatic heterocycles. The summed E-state index contributed by atoms with van der Waals surface area (Å²) in [6.45, 7) is 2.69. The normalized spacial score (nSPS) is 11.5. The molecule has 1 aromatic rings. The van der Waals surface area contributed by atoms with Crippen molar-refractivity contribution in [3.8, 4) is 0 Å². The molecule has 1 unspecified atom stereocenters. The summed E-state index contributed by atoms with van der Waals surface area (Å²) in [6, 6.07) is 7.41. The molecule has 0 aromatic heterocycles. The quantitative estimate of drug-likeness (QED) is 0.761. The summed E-state index contributed by atoms with van der Waals surface area (Å²) < 4.78 is 0. The van der Waals surface area contributed by atoms with Crippen LogP contribution in [-0.2, 0) is 11.2 Å². The zero-order chi connectivity index (χ0) is 13.4. The van der Waals surface area contributed by atoms with E-state index in [1.54, 1.807) is 0 Å². The van der Waals surface area contributed by atoms with E-state index in [1.807, 2.05) is 31.2 Å². The third-order valence-corrected chi connectivity index (χ3v) is 3.04. The predicted molar refractivity (Wildman–Crippen MR) is 82.9 cm³/mol. The molecule has 0 aliphatic carbocycles.